The number of carbonyl (C=O) groups is 1. The molecule has 2 N–H and O–H groups in total. The Labute approximate surface area is 243 Å². The molecule has 0 bridgehead atoms. The molecule has 0 saturated heterocycles. The number of hydrogen-bond acceptors (Lipinski definition) is 5. The second kappa shape index (κ2) is 16.0. The van der Waals surface area contributed by atoms with Crippen molar-refractivity contribution in [3.05, 3.63) is 100 Å². The summed E-state index contributed by atoms with van der Waals surface area (Å²) in [5, 5.41) is 15.0. The fourth-order valence-corrected chi connectivity index (χ4v) is 5.15. The summed E-state index contributed by atoms with van der Waals surface area (Å²) in [7, 11) is 0. The summed E-state index contributed by atoms with van der Waals surface area (Å²) in [5.41, 5.74) is 5.64. The largest absolute Gasteiger partial charge is 0.465 e. The first-order chi connectivity index (χ1) is 17.5. The second-order valence-electron chi connectivity index (χ2n) is 9.38. The maximum atomic E-state index is 11.8. The smallest absolute Gasteiger partial charge is 0.325 e. The number of aryl methyl sites for hydroxylation is 1. The number of nitrogens with one attached hydrogen (secondary N) is 1. The summed E-state index contributed by atoms with van der Waals surface area (Å²) in [4.78, 5) is 14.2. The number of esters is 1. The van der Waals surface area contributed by atoms with Crippen LogP contribution < -0.4 is 5.32 Å². The number of halogens is 3. The molecule has 0 spiro atoms. The van der Waals surface area contributed by atoms with Crippen LogP contribution >= 0.6 is 36.4 Å². The van der Waals surface area contributed by atoms with Gasteiger partial charge in [0.15, 0.2) is 0 Å². The van der Waals surface area contributed by atoms with E-state index in [-0.39, 0.29) is 43.4 Å². The zero-order valence-electron chi connectivity index (χ0n) is 21.6. The van der Waals surface area contributed by atoms with E-state index in [1.54, 1.807) is 0 Å². The summed E-state index contributed by atoms with van der Waals surface area (Å²) < 4.78 is 5.04. The summed E-state index contributed by atoms with van der Waals surface area (Å²) >= 11 is 6.20. The Hall–Kier alpha value is -2.28. The van der Waals surface area contributed by atoms with Gasteiger partial charge in [-0.3, -0.25) is 9.69 Å². The lowest BCUT2D eigenvalue weighted by atomic mass is 9.99. The molecule has 0 aliphatic heterocycles. The number of fused-ring (bicyclic) bond motifs is 1. The first-order valence-corrected chi connectivity index (χ1v) is 13.1. The lowest BCUT2D eigenvalue weighted by molar-refractivity contribution is -0.140. The summed E-state index contributed by atoms with van der Waals surface area (Å²) in [6, 6.07) is 24.6. The molecule has 3 aromatic carbocycles. The molecule has 0 amide bonds. The molecule has 0 heterocycles. The van der Waals surface area contributed by atoms with Gasteiger partial charge in [0, 0.05) is 29.8 Å². The molecule has 38 heavy (non-hydrogen) atoms. The highest BCUT2D eigenvalue weighted by Gasteiger charge is 2.26. The highest BCUT2D eigenvalue weighted by Crippen LogP contribution is 2.29. The molecule has 0 radical (unpaired) electrons. The predicted molar refractivity (Wildman–Crippen MR) is 160 cm³/mol. The quantitative estimate of drug-likeness (QED) is 0.208. The van der Waals surface area contributed by atoms with E-state index in [1.165, 1.54) is 16.7 Å². The van der Waals surface area contributed by atoms with E-state index in [0.29, 0.717) is 18.2 Å². The van der Waals surface area contributed by atoms with E-state index >= 15 is 0 Å². The van der Waals surface area contributed by atoms with Crippen LogP contribution in [0.3, 0.4) is 0 Å². The van der Waals surface area contributed by atoms with Gasteiger partial charge in [-0.25, -0.2) is 0 Å². The van der Waals surface area contributed by atoms with Crippen LogP contribution in [0.15, 0.2) is 72.8 Å². The number of benzene rings is 3. The van der Waals surface area contributed by atoms with Crippen LogP contribution in [0, 0.1) is 0 Å². The Morgan fingerprint density at radius 1 is 1.08 bits per heavy atom. The Morgan fingerprint density at radius 3 is 2.61 bits per heavy atom. The van der Waals surface area contributed by atoms with Crippen molar-refractivity contribution in [1.82, 2.24) is 4.90 Å². The highest BCUT2D eigenvalue weighted by molar-refractivity contribution is 6.30. The van der Waals surface area contributed by atoms with Crippen molar-refractivity contribution in [2.45, 2.75) is 51.3 Å². The van der Waals surface area contributed by atoms with Crippen molar-refractivity contribution in [2.24, 2.45) is 0 Å². The summed E-state index contributed by atoms with van der Waals surface area (Å²) in [6.45, 7) is 3.63. The first-order valence-electron chi connectivity index (χ1n) is 12.7. The van der Waals surface area contributed by atoms with Gasteiger partial charge in [-0.15, -0.1) is 24.8 Å². The van der Waals surface area contributed by atoms with E-state index in [1.807, 2.05) is 43.3 Å². The number of ether oxygens (including phenoxy) is 1. The molecule has 3 aromatic rings. The van der Waals surface area contributed by atoms with Crippen LogP contribution in [0.5, 0.6) is 0 Å². The molecule has 8 heteroatoms. The third kappa shape index (κ3) is 9.18. The molecule has 2 atom stereocenters. The van der Waals surface area contributed by atoms with Crippen LogP contribution in [-0.2, 0) is 28.9 Å². The summed E-state index contributed by atoms with van der Waals surface area (Å²) in [6.07, 6.45) is 3.42. The molecule has 5 nitrogen and oxygen atoms in total. The van der Waals surface area contributed by atoms with Crippen molar-refractivity contribution >= 4 is 48.1 Å². The monoisotopic (exact) mass is 578 g/mol. The van der Waals surface area contributed by atoms with E-state index in [4.69, 9.17) is 16.3 Å². The predicted octanol–water partition coefficient (Wildman–Crippen LogP) is 6.64. The maximum absolute atomic E-state index is 11.8. The Kier molecular flexibility index (Phi) is 13.4. The fourth-order valence-electron chi connectivity index (χ4n) is 4.95. The number of rotatable bonds is 10. The van der Waals surface area contributed by atoms with Gasteiger partial charge >= 0.3 is 5.97 Å². The topological polar surface area (TPSA) is 61.8 Å². The number of anilines is 1. The zero-order valence-corrected chi connectivity index (χ0v) is 24.0. The molecule has 1 aliphatic carbocycles. The molecule has 1 aliphatic rings. The van der Waals surface area contributed by atoms with Crippen molar-refractivity contribution in [2.75, 3.05) is 25.0 Å². The number of carbonyl (C=O) groups excluding carboxylic acids is 1. The first kappa shape index (κ1) is 31.9. The van der Waals surface area contributed by atoms with Crippen molar-refractivity contribution < 1.29 is 14.6 Å². The normalized spacial score (nSPS) is 15.3. The second-order valence-corrected chi connectivity index (χ2v) is 9.81. The average Bonchev–Trinajstić information content (AvgIpc) is 3.10. The van der Waals surface area contributed by atoms with E-state index in [9.17, 15) is 9.90 Å². The molecule has 0 fully saturated rings. The van der Waals surface area contributed by atoms with Gasteiger partial charge in [0.2, 0.25) is 0 Å². The van der Waals surface area contributed by atoms with Gasteiger partial charge in [-0.05, 0) is 79.1 Å². The van der Waals surface area contributed by atoms with E-state index in [0.717, 1.165) is 43.5 Å². The minimum absolute atomic E-state index is 0. The molecule has 4 rings (SSSR count). The number of aliphatic hydroxyl groups is 1. The Balaban J connectivity index is 0.00000253. The maximum Gasteiger partial charge on any atom is 0.325 e. The van der Waals surface area contributed by atoms with Gasteiger partial charge in [0.25, 0.3) is 0 Å². The molecule has 0 unspecified atom stereocenters. The number of aliphatic hydroxyl groups excluding tert-OH is 1. The van der Waals surface area contributed by atoms with E-state index < -0.39 is 6.10 Å². The molecule has 206 valence electrons. The Morgan fingerprint density at radius 2 is 1.87 bits per heavy atom. The third-order valence-electron chi connectivity index (χ3n) is 6.77. The molecule has 0 aromatic heterocycles. The summed E-state index contributed by atoms with van der Waals surface area (Å²) in [5.74, 6) is -0.255. The molecular formula is C30H37Cl3N2O3. The van der Waals surface area contributed by atoms with Crippen LogP contribution in [0.4, 0.5) is 5.69 Å². The van der Waals surface area contributed by atoms with Crippen molar-refractivity contribution in [3.63, 3.8) is 0 Å². The standard InChI is InChI=1S/C30H35ClN2O3.2ClH/c1-2-36-30(35)19-32-27-15-14-23-10-7-13-28(18-25(23)17-27)33(20-22-8-4-3-5-9-22)21-29(34)24-11-6-12-26(31)16-24;;/h3-6,8-9,11-12,14-17,28-29,32,34H,2,7,10,13,18-21H2,1H3;2*1H/t28-,29-;;/m0../s1. The highest BCUT2D eigenvalue weighted by atomic mass is 35.5. The van der Waals surface area contributed by atoms with Crippen molar-refractivity contribution in [3.8, 4) is 0 Å². The SMILES string of the molecule is CCOC(=O)CNc1ccc2c(c1)C[C@@H](N(Cc1ccccc1)C[C@H](O)c1cccc(Cl)c1)CCC2.Cl.Cl. The van der Waals surface area contributed by atoms with Crippen molar-refractivity contribution in [1.29, 1.82) is 0 Å². The zero-order chi connectivity index (χ0) is 25.3. The number of nitrogens with zero attached hydrogens (tertiary/aromatic N) is 1. The lowest BCUT2D eigenvalue weighted by Gasteiger charge is -2.33. The van der Waals surface area contributed by atoms with Gasteiger partial charge in [0.05, 0.1) is 12.7 Å². The third-order valence-corrected chi connectivity index (χ3v) is 7.01. The number of hydrogen-bond donors (Lipinski definition) is 2. The van der Waals surface area contributed by atoms with Gasteiger partial charge in [-0.1, -0.05) is 60.1 Å². The fraction of sp³-hybridized carbons (Fsp3) is 0.367. The van der Waals surface area contributed by atoms with Crippen LogP contribution in [-0.4, -0.2) is 41.7 Å². The van der Waals surface area contributed by atoms with Crippen LogP contribution in [0.25, 0.3) is 0 Å². The minimum atomic E-state index is -0.632. The van der Waals surface area contributed by atoms with Crippen LogP contribution in [0.2, 0.25) is 5.02 Å². The van der Waals surface area contributed by atoms with Crippen LogP contribution in [0.1, 0.15) is 48.1 Å². The van der Waals surface area contributed by atoms with Gasteiger partial charge in [-0.2, -0.15) is 0 Å². The van der Waals surface area contributed by atoms with E-state index in [2.05, 4.69) is 46.6 Å². The molecular weight excluding hydrogens is 543 g/mol. The van der Waals surface area contributed by atoms with Gasteiger partial charge in [0.1, 0.15) is 6.54 Å². The average molecular weight is 580 g/mol. The van der Waals surface area contributed by atoms with Gasteiger partial charge < -0.3 is 15.2 Å². The molecule has 0 saturated carbocycles. The lowest BCUT2D eigenvalue weighted by Crippen LogP contribution is -2.39. The Bertz CT molecular complexity index is 1150. The minimum Gasteiger partial charge on any atom is -0.465 e.